The summed E-state index contributed by atoms with van der Waals surface area (Å²) in [7, 11) is -3.83. The van der Waals surface area contributed by atoms with E-state index in [0.29, 0.717) is 49.2 Å². The molecule has 0 spiro atoms. The zero-order valence-corrected chi connectivity index (χ0v) is 19.6. The van der Waals surface area contributed by atoms with Crippen molar-refractivity contribution in [2.24, 2.45) is 0 Å². The highest BCUT2D eigenvalue weighted by molar-refractivity contribution is 7.89. The molecule has 1 amide bonds. The Morgan fingerprint density at radius 2 is 1.49 bits per heavy atom. The van der Waals surface area contributed by atoms with Crippen molar-refractivity contribution in [3.63, 3.8) is 0 Å². The third kappa shape index (κ3) is 5.33. The zero-order valence-electron chi connectivity index (χ0n) is 18.8. The third-order valence-corrected chi connectivity index (χ3v) is 7.01. The standard InChI is InChI=1S/C25H24N2O7S/c28-25(26-9-8-17-4-6-21-23(12-17)32-11-10-31-21)19-2-1-3-20(14-19)35(29,30)27-15-18-5-7-22-24(13-18)34-16-33-22/h1-7,12-14,27H,8-11,15-16H2,(H,26,28). The molecule has 35 heavy (non-hydrogen) atoms. The van der Waals surface area contributed by atoms with Crippen molar-refractivity contribution in [3.05, 3.63) is 77.4 Å². The highest BCUT2D eigenvalue weighted by Crippen LogP contribution is 2.33. The van der Waals surface area contributed by atoms with E-state index in [4.69, 9.17) is 18.9 Å². The number of hydrogen-bond acceptors (Lipinski definition) is 7. The number of benzene rings is 3. The molecule has 0 saturated heterocycles. The van der Waals surface area contributed by atoms with Crippen LogP contribution in [0.15, 0.2) is 65.6 Å². The highest BCUT2D eigenvalue weighted by atomic mass is 32.2. The van der Waals surface area contributed by atoms with Crippen molar-refractivity contribution in [2.45, 2.75) is 17.9 Å². The van der Waals surface area contributed by atoms with E-state index in [1.807, 2.05) is 18.2 Å². The summed E-state index contributed by atoms with van der Waals surface area (Å²) in [5.41, 5.74) is 1.99. The zero-order chi connectivity index (χ0) is 24.3. The van der Waals surface area contributed by atoms with Crippen LogP contribution in [0.5, 0.6) is 23.0 Å². The lowest BCUT2D eigenvalue weighted by molar-refractivity contribution is 0.0954. The molecule has 3 aromatic rings. The van der Waals surface area contributed by atoms with Crippen LogP contribution in [0.2, 0.25) is 0 Å². The van der Waals surface area contributed by atoms with E-state index < -0.39 is 10.0 Å². The van der Waals surface area contributed by atoms with Crippen LogP contribution in [-0.4, -0.2) is 40.9 Å². The van der Waals surface area contributed by atoms with Crippen LogP contribution in [0, 0.1) is 0 Å². The second kappa shape index (κ2) is 9.85. The van der Waals surface area contributed by atoms with E-state index in [1.54, 1.807) is 30.3 Å². The molecule has 182 valence electrons. The molecule has 0 radical (unpaired) electrons. The smallest absolute Gasteiger partial charge is 0.251 e. The minimum Gasteiger partial charge on any atom is -0.486 e. The Bertz CT molecular complexity index is 1360. The fraction of sp³-hybridized carbons (Fsp3) is 0.240. The number of fused-ring (bicyclic) bond motifs is 2. The van der Waals surface area contributed by atoms with Gasteiger partial charge in [0, 0.05) is 18.7 Å². The summed E-state index contributed by atoms with van der Waals surface area (Å²) < 4.78 is 49.9. The maximum absolute atomic E-state index is 12.8. The minimum absolute atomic E-state index is 0.0118. The van der Waals surface area contributed by atoms with Crippen molar-refractivity contribution in [1.29, 1.82) is 0 Å². The molecule has 0 unspecified atom stereocenters. The average Bonchev–Trinajstić information content (AvgIpc) is 3.35. The number of sulfonamides is 1. The summed E-state index contributed by atoms with van der Waals surface area (Å²) in [6.45, 7) is 1.65. The van der Waals surface area contributed by atoms with Crippen LogP contribution in [0.1, 0.15) is 21.5 Å². The molecule has 2 aliphatic rings. The van der Waals surface area contributed by atoms with Crippen LogP contribution in [0.3, 0.4) is 0 Å². The predicted octanol–water partition coefficient (Wildman–Crippen LogP) is 2.64. The largest absolute Gasteiger partial charge is 0.486 e. The van der Waals surface area contributed by atoms with E-state index in [-0.39, 0.29) is 29.7 Å². The molecule has 9 nitrogen and oxygen atoms in total. The molecular weight excluding hydrogens is 472 g/mol. The maximum Gasteiger partial charge on any atom is 0.251 e. The van der Waals surface area contributed by atoms with Crippen molar-refractivity contribution in [3.8, 4) is 23.0 Å². The summed E-state index contributed by atoms with van der Waals surface area (Å²) in [4.78, 5) is 12.6. The quantitative estimate of drug-likeness (QED) is 0.493. The van der Waals surface area contributed by atoms with Gasteiger partial charge in [-0.1, -0.05) is 18.2 Å². The molecule has 0 aliphatic carbocycles. The highest BCUT2D eigenvalue weighted by Gasteiger charge is 2.18. The second-order valence-electron chi connectivity index (χ2n) is 8.02. The fourth-order valence-electron chi connectivity index (χ4n) is 3.78. The Hall–Kier alpha value is -3.76. The van der Waals surface area contributed by atoms with Gasteiger partial charge in [0.05, 0.1) is 4.90 Å². The Balaban J connectivity index is 1.18. The molecule has 2 aliphatic heterocycles. The Labute approximate surface area is 203 Å². The molecular formula is C25H24N2O7S. The summed E-state index contributed by atoms with van der Waals surface area (Å²) in [5, 5.41) is 2.84. The van der Waals surface area contributed by atoms with Crippen LogP contribution in [-0.2, 0) is 23.0 Å². The van der Waals surface area contributed by atoms with Gasteiger partial charge in [-0.05, 0) is 60.0 Å². The molecule has 0 saturated carbocycles. The van der Waals surface area contributed by atoms with Crippen molar-refractivity contribution >= 4 is 15.9 Å². The molecule has 0 aromatic heterocycles. The van der Waals surface area contributed by atoms with Gasteiger partial charge in [0.1, 0.15) is 13.2 Å². The number of amides is 1. The lowest BCUT2D eigenvalue weighted by Crippen LogP contribution is -2.27. The van der Waals surface area contributed by atoms with Gasteiger partial charge in [0.25, 0.3) is 5.91 Å². The Morgan fingerprint density at radius 1 is 0.800 bits per heavy atom. The summed E-state index contributed by atoms with van der Waals surface area (Å²) in [6.07, 6.45) is 0.595. The van der Waals surface area contributed by atoms with E-state index in [0.717, 1.165) is 11.1 Å². The minimum atomic E-state index is -3.83. The lowest BCUT2D eigenvalue weighted by Gasteiger charge is -2.18. The van der Waals surface area contributed by atoms with E-state index >= 15 is 0 Å². The van der Waals surface area contributed by atoms with Gasteiger partial charge in [-0.3, -0.25) is 4.79 Å². The van der Waals surface area contributed by atoms with Gasteiger partial charge < -0.3 is 24.3 Å². The number of nitrogens with one attached hydrogen (secondary N) is 2. The molecule has 5 rings (SSSR count). The first-order valence-corrected chi connectivity index (χ1v) is 12.6. The number of hydrogen-bond donors (Lipinski definition) is 2. The first-order chi connectivity index (χ1) is 17.0. The summed E-state index contributed by atoms with van der Waals surface area (Å²) >= 11 is 0. The number of ether oxygens (including phenoxy) is 4. The first kappa shape index (κ1) is 23.0. The monoisotopic (exact) mass is 496 g/mol. The van der Waals surface area contributed by atoms with E-state index in [1.165, 1.54) is 12.1 Å². The van der Waals surface area contributed by atoms with Gasteiger partial charge in [-0.15, -0.1) is 0 Å². The van der Waals surface area contributed by atoms with Crippen molar-refractivity contribution in [1.82, 2.24) is 10.0 Å². The molecule has 2 heterocycles. The van der Waals surface area contributed by atoms with E-state index in [2.05, 4.69) is 10.0 Å². The van der Waals surface area contributed by atoms with Crippen molar-refractivity contribution in [2.75, 3.05) is 26.6 Å². The topological polar surface area (TPSA) is 112 Å². The average molecular weight is 497 g/mol. The molecule has 3 aromatic carbocycles. The SMILES string of the molecule is O=C(NCCc1ccc2c(c1)OCCO2)c1cccc(S(=O)(=O)NCc2ccc3c(c2)OCO3)c1. The number of carbonyl (C=O) groups excluding carboxylic acids is 1. The molecule has 0 atom stereocenters. The lowest BCUT2D eigenvalue weighted by atomic mass is 10.1. The molecule has 0 fully saturated rings. The normalized spacial score (nSPS) is 13.9. The number of rotatable bonds is 8. The van der Waals surface area contributed by atoms with Gasteiger partial charge in [-0.25, -0.2) is 13.1 Å². The Kier molecular flexibility index (Phi) is 6.47. The maximum atomic E-state index is 12.8. The number of carbonyl (C=O) groups is 1. The summed E-state index contributed by atoms with van der Waals surface area (Å²) in [5.74, 6) is 2.27. The first-order valence-electron chi connectivity index (χ1n) is 11.1. The molecule has 10 heteroatoms. The van der Waals surface area contributed by atoms with E-state index in [9.17, 15) is 13.2 Å². The van der Waals surface area contributed by atoms with Crippen LogP contribution in [0.4, 0.5) is 0 Å². The van der Waals surface area contributed by atoms with Gasteiger partial charge in [-0.2, -0.15) is 0 Å². The molecule has 2 N–H and O–H groups in total. The second-order valence-corrected chi connectivity index (χ2v) is 9.79. The van der Waals surface area contributed by atoms with Gasteiger partial charge in [0.15, 0.2) is 23.0 Å². The predicted molar refractivity (Wildman–Crippen MR) is 127 cm³/mol. The van der Waals surface area contributed by atoms with Crippen LogP contribution < -0.4 is 29.0 Å². The fourth-order valence-corrected chi connectivity index (χ4v) is 4.85. The van der Waals surface area contributed by atoms with Gasteiger partial charge >= 0.3 is 0 Å². The van der Waals surface area contributed by atoms with Gasteiger partial charge in [0.2, 0.25) is 16.8 Å². The van der Waals surface area contributed by atoms with Crippen LogP contribution in [0.25, 0.3) is 0 Å². The van der Waals surface area contributed by atoms with Crippen LogP contribution >= 0.6 is 0 Å². The Morgan fingerprint density at radius 3 is 2.34 bits per heavy atom. The molecule has 0 bridgehead atoms. The summed E-state index contributed by atoms with van der Waals surface area (Å²) in [6, 6.07) is 16.9. The van der Waals surface area contributed by atoms with Crippen molar-refractivity contribution < 1.29 is 32.2 Å². The third-order valence-electron chi connectivity index (χ3n) is 5.62.